The molecule has 2 aromatic carbocycles. The SMILES string of the molecule is C#CCN(C(=O)OCOC(=C)CC)[C@@H]1CCc2ccccc21.C=C.C=C(C)C(=O)OCOC(=O)N(/C=C/C)[C@@H]1CCc2ccccc21.CC.CCC. The lowest BCUT2D eigenvalue weighted by Gasteiger charge is -2.27. The second kappa shape index (κ2) is 27.5. The predicted molar refractivity (Wildman–Crippen MR) is 210 cm³/mol. The number of rotatable bonds is 11. The van der Waals surface area contributed by atoms with Crippen molar-refractivity contribution in [3.63, 3.8) is 0 Å². The average Bonchev–Trinajstić information content (AvgIpc) is 3.79. The fourth-order valence-electron chi connectivity index (χ4n) is 5.21. The van der Waals surface area contributed by atoms with Crippen LogP contribution in [0.25, 0.3) is 0 Å². The molecule has 0 aromatic heterocycles. The minimum absolute atomic E-state index is 0.0332. The van der Waals surface area contributed by atoms with Gasteiger partial charge in [0, 0.05) is 18.2 Å². The summed E-state index contributed by atoms with van der Waals surface area (Å²) in [6.07, 6.45) is 13.4. The van der Waals surface area contributed by atoms with E-state index in [0.717, 1.165) is 36.8 Å². The highest BCUT2D eigenvalue weighted by Crippen LogP contribution is 2.37. The molecule has 0 saturated heterocycles. The Labute approximate surface area is 313 Å². The summed E-state index contributed by atoms with van der Waals surface area (Å²) in [6, 6.07) is 16.1. The molecule has 2 aliphatic rings. The quantitative estimate of drug-likeness (QED) is 0.0570. The number of ether oxygens (including phenoxy) is 4. The first kappa shape index (κ1) is 46.8. The molecular formula is C43H60N2O7. The number of esters is 1. The summed E-state index contributed by atoms with van der Waals surface area (Å²) in [5, 5.41) is 0. The molecule has 0 spiro atoms. The van der Waals surface area contributed by atoms with E-state index in [9.17, 15) is 14.4 Å². The molecule has 2 aliphatic carbocycles. The zero-order valence-electron chi connectivity index (χ0n) is 32.5. The zero-order chi connectivity index (χ0) is 39.5. The first-order chi connectivity index (χ1) is 25.1. The molecule has 284 valence electrons. The van der Waals surface area contributed by atoms with E-state index in [4.69, 9.17) is 25.4 Å². The van der Waals surface area contributed by atoms with Crippen molar-refractivity contribution in [2.75, 3.05) is 20.1 Å². The molecule has 52 heavy (non-hydrogen) atoms. The third-order valence-electron chi connectivity index (χ3n) is 7.49. The molecule has 9 heteroatoms. The van der Waals surface area contributed by atoms with E-state index in [1.54, 1.807) is 22.1 Å². The number of allylic oxidation sites excluding steroid dienone is 2. The molecule has 0 bridgehead atoms. The second-order valence-corrected chi connectivity index (χ2v) is 11.2. The fourth-order valence-corrected chi connectivity index (χ4v) is 5.21. The van der Waals surface area contributed by atoms with E-state index in [-0.39, 0.29) is 31.0 Å². The van der Waals surface area contributed by atoms with Crippen LogP contribution in [0, 0.1) is 12.3 Å². The number of benzene rings is 2. The van der Waals surface area contributed by atoms with Crippen molar-refractivity contribution in [2.24, 2.45) is 0 Å². The minimum atomic E-state index is -0.582. The van der Waals surface area contributed by atoms with Gasteiger partial charge in [-0.25, -0.2) is 14.4 Å². The number of amides is 2. The molecule has 0 N–H and O–H groups in total. The number of terminal acetylenes is 1. The summed E-state index contributed by atoms with van der Waals surface area (Å²) in [5.74, 6) is 2.54. The Kier molecular flexibility index (Phi) is 24.7. The van der Waals surface area contributed by atoms with Crippen molar-refractivity contribution in [1.29, 1.82) is 0 Å². The fraction of sp³-hybridized carbons (Fsp3) is 0.419. The molecule has 2 amide bonds. The number of fused-ring (bicyclic) bond motifs is 2. The smallest absolute Gasteiger partial charge is 0.417 e. The second-order valence-electron chi connectivity index (χ2n) is 11.2. The van der Waals surface area contributed by atoms with E-state index >= 15 is 0 Å². The van der Waals surface area contributed by atoms with E-state index in [1.165, 1.54) is 24.5 Å². The highest BCUT2D eigenvalue weighted by molar-refractivity contribution is 5.87. The summed E-state index contributed by atoms with van der Waals surface area (Å²) < 4.78 is 20.2. The summed E-state index contributed by atoms with van der Waals surface area (Å²) in [5.41, 5.74) is 5.04. The van der Waals surface area contributed by atoms with Crippen LogP contribution in [-0.2, 0) is 36.6 Å². The first-order valence-electron chi connectivity index (χ1n) is 17.9. The summed E-state index contributed by atoms with van der Waals surface area (Å²) in [7, 11) is 0. The van der Waals surface area contributed by atoms with Crippen LogP contribution in [0.2, 0.25) is 0 Å². The van der Waals surface area contributed by atoms with Crippen LogP contribution >= 0.6 is 0 Å². The lowest BCUT2D eigenvalue weighted by atomic mass is 10.1. The normalized spacial score (nSPS) is 14.2. The van der Waals surface area contributed by atoms with Crippen LogP contribution in [0.1, 0.15) is 108 Å². The molecular weight excluding hydrogens is 656 g/mol. The van der Waals surface area contributed by atoms with Crippen LogP contribution in [0.4, 0.5) is 9.59 Å². The average molecular weight is 717 g/mol. The molecule has 0 saturated carbocycles. The number of nitrogens with zero attached hydrogens (tertiary/aromatic N) is 2. The van der Waals surface area contributed by atoms with Crippen molar-refractivity contribution in [1.82, 2.24) is 9.80 Å². The van der Waals surface area contributed by atoms with E-state index < -0.39 is 24.9 Å². The molecule has 2 atom stereocenters. The van der Waals surface area contributed by atoms with Gasteiger partial charge < -0.3 is 18.9 Å². The zero-order valence-corrected chi connectivity index (χ0v) is 32.5. The van der Waals surface area contributed by atoms with E-state index in [0.29, 0.717) is 12.2 Å². The third-order valence-corrected chi connectivity index (χ3v) is 7.49. The van der Waals surface area contributed by atoms with Crippen molar-refractivity contribution < 1.29 is 33.3 Å². The molecule has 9 nitrogen and oxygen atoms in total. The maximum Gasteiger partial charge on any atom is 0.417 e. The minimum Gasteiger partial charge on any atom is -0.462 e. The lowest BCUT2D eigenvalue weighted by Crippen LogP contribution is -2.35. The van der Waals surface area contributed by atoms with Gasteiger partial charge in [-0.05, 0) is 61.8 Å². The van der Waals surface area contributed by atoms with E-state index in [1.807, 2.05) is 64.1 Å². The third kappa shape index (κ3) is 15.3. The number of aryl methyl sites for hydroxylation is 2. The summed E-state index contributed by atoms with van der Waals surface area (Å²) in [6.45, 7) is 26.4. The highest BCUT2D eigenvalue weighted by Gasteiger charge is 2.32. The first-order valence-corrected chi connectivity index (χ1v) is 17.9. The van der Waals surface area contributed by atoms with Crippen LogP contribution in [0.5, 0.6) is 0 Å². The maximum atomic E-state index is 12.3. The Hall–Kier alpha value is -5.23. The van der Waals surface area contributed by atoms with Gasteiger partial charge in [-0.3, -0.25) is 9.80 Å². The lowest BCUT2D eigenvalue weighted by molar-refractivity contribution is -0.147. The van der Waals surface area contributed by atoms with Gasteiger partial charge in [0.2, 0.25) is 13.6 Å². The van der Waals surface area contributed by atoms with Gasteiger partial charge in [0.1, 0.15) is 0 Å². The van der Waals surface area contributed by atoms with Gasteiger partial charge >= 0.3 is 18.2 Å². The summed E-state index contributed by atoms with van der Waals surface area (Å²) in [4.78, 5) is 39.0. The largest absolute Gasteiger partial charge is 0.462 e. The Bertz CT molecular complexity index is 1480. The van der Waals surface area contributed by atoms with E-state index in [2.05, 4.69) is 58.2 Å². The van der Waals surface area contributed by atoms with Gasteiger partial charge in [-0.15, -0.1) is 19.6 Å². The van der Waals surface area contributed by atoms with Crippen LogP contribution in [0.15, 0.2) is 98.5 Å². The predicted octanol–water partition coefficient (Wildman–Crippen LogP) is 10.6. The molecule has 4 rings (SSSR count). The van der Waals surface area contributed by atoms with Crippen LogP contribution in [-0.4, -0.2) is 48.1 Å². The van der Waals surface area contributed by atoms with Crippen molar-refractivity contribution >= 4 is 18.2 Å². The molecule has 0 unspecified atom stereocenters. The van der Waals surface area contributed by atoms with Crippen molar-refractivity contribution in [3.8, 4) is 12.3 Å². The maximum absolute atomic E-state index is 12.3. The Morgan fingerprint density at radius 3 is 1.81 bits per heavy atom. The Morgan fingerprint density at radius 2 is 1.31 bits per heavy atom. The topological polar surface area (TPSA) is 94.6 Å². The van der Waals surface area contributed by atoms with Crippen LogP contribution < -0.4 is 0 Å². The van der Waals surface area contributed by atoms with Gasteiger partial charge in [-0.2, -0.15) is 0 Å². The number of hydrogen-bond acceptors (Lipinski definition) is 7. The van der Waals surface area contributed by atoms with Crippen molar-refractivity contribution in [3.05, 3.63) is 121 Å². The van der Waals surface area contributed by atoms with Gasteiger partial charge in [-0.1, -0.05) is 115 Å². The van der Waals surface area contributed by atoms with Crippen LogP contribution in [0.3, 0.4) is 0 Å². The number of carbonyl (C=O) groups is 3. The van der Waals surface area contributed by atoms with Crippen molar-refractivity contribution in [2.45, 2.75) is 99.1 Å². The molecule has 0 aliphatic heterocycles. The van der Waals surface area contributed by atoms with Gasteiger partial charge in [0.15, 0.2) is 0 Å². The Morgan fingerprint density at radius 1 is 0.827 bits per heavy atom. The number of hydrogen-bond donors (Lipinski definition) is 0. The number of carbonyl (C=O) groups excluding carboxylic acids is 3. The molecule has 0 radical (unpaired) electrons. The molecule has 2 aromatic rings. The van der Waals surface area contributed by atoms with Gasteiger partial charge in [0.25, 0.3) is 0 Å². The van der Waals surface area contributed by atoms with Gasteiger partial charge in [0.05, 0.1) is 24.4 Å². The highest BCUT2D eigenvalue weighted by atomic mass is 16.7. The molecule has 0 heterocycles. The monoisotopic (exact) mass is 716 g/mol. The standard InChI is InChI=1S/C18H21NO4.C18H21NO3.C3H8.C2H6.C2H4/c1-4-11-19(18(21)23-12-22-17(20)13(2)3)16-10-9-14-7-5-6-8-15(14)16;1-4-12-19(18(20)22-13-21-14(3)5-2)17-11-10-15-8-6-7-9-16(15)17;1-3-2;2*1-2/h4-8,11,16H,2,9-10,12H2,1,3H3;1,6-9,17H,3,5,10-13H2,2H3;3H2,1-2H3;1-2H3;1-2H2/b11-4+;;;;/t16-;17-;;;/m11.../s1. The molecule has 0 fully saturated rings. The summed E-state index contributed by atoms with van der Waals surface area (Å²) >= 11 is 0. The Balaban J connectivity index is 0.000000854.